The molecular weight excluding hydrogens is 355 g/mol. The van der Waals surface area contributed by atoms with E-state index in [-0.39, 0.29) is 4.90 Å². The van der Waals surface area contributed by atoms with Crippen molar-refractivity contribution >= 4 is 32.4 Å². The second kappa shape index (κ2) is 7.23. The standard InChI is InChI=1S/C19H17FN2O3S/c1-13(22-26(24,25)16-11-9-15(20)10-12-16)19(23)21-18-8-4-6-14-5-2-3-7-17(14)18/h2-13,22H,1H3,(H,21,23)/t13-/m1/s1. The molecule has 0 bridgehead atoms. The summed E-state index contributed by atoms with van der Waals surface area (Å²) in [5.74, 6) is -1.03. The number of hydrogen-bond acceptors (Lipinski definition) is 3. The minimum Gasteiger partial charge on any atom is -0.324 e. The van der Waals surface area contributed by atoms with Crippen LogP contribution in [0, 0.1) is 5.82 Å². The van der Waals surface area contributed by atoms with Gasteiger partial charge in [0.15, 0.2) is 0 Å². The average molecular weight is 372 g/mol. The Kier molecular flexibility index (Phi) is 5.01. The molecule has 0 aliphatic rings. The Bertz CT molecular complexity index is 1040. The van der Waals surface area contributed by atoms with Gasteiger partial charge >= 0.3 is 0 Å². The number of sulfonamides is 1. The van der Waals surface area contributed by atoms with E-state index in [4.69, 9.17) is 0 Å². The van der Waals surface area contributed by atoms with Crippen LogP contribution in [0.1, 0.15) is 6.92 Å². The first-order valence-electron chi connectivity index (χ1n) is 7.93. The smallest absolute Gasteiger partial charge is 0.242 e. The molecule has 0 saturated carbocycles. The zero-order valence-electron chi connectivity index (χ0n) is 13.9. The topological polar surface area (TPSA) is 75.3 Å². The van der Waals surface area contributed by atoms with Gasteiger partial charge < -0.3 is 5.32 Å². The van der Waals surface area contributed by atoms with E-state index in [1.165, 1.54) is 6.92 Å². The van der Waals surface area contributed by atoms with Crippen LogP contribution >= 0.6 is 0 Å². The van der Waals surface area contributed by atoms with E-state index in [2.05, 4.69) is 10.0 Å². The Labute approximate surface area is 150 Å². The maximum Gasteiger partial charge on any atom is 0.242 e. The molecule has 3 aromatic carbocycles. The summed E-state index contributed by atoms with van der Waals surface area (Å²) in [6.07, 6.45) is 0. The summed E-state index contributed by atoms with van der Waals surface area (Å²) >= 11 is 0. The molecular formula is C19H17FN2O3S. The maximum atomic E-state index is 13.0. The largest absolute Gasteiger partial charge is 0.324 e. The number of anilines is 1. The van der Waals surface area contributed by atoms with E-state index in [0.29, 0.717) is 5.69 Å². The van der Waals surface area contributed by atoms with Crippen molar-refractivity contribution in [3.63, 3.8) is 0 Å². The SMILES string of the molecule is C[C@@H](NS(=O)(=O)c1ccc(F)cc1)C(=O)Nc1cccc2ccccc12. The van der Waals surface area contributed by atoms with Crippen molar-refractivity contribution in [2.75, 3.05) is 5.32 Å². The first-order chi connectivity index (χ1) is 12.4. The predicted molar refractivity (Wildman–Crippen MR) is 98.8 cm³/mol. The predicted octanol–water partition coefficient (Wildman–Crippen LogP) is 3.28. The van der Waals surface area contributed by atoms with Crippen LogP contribution < -0.4 is 10.0 Å². The number of benzene rings is 3. The molecule has 0 aliphatic heterocycles. The molecule has 1 amide bonds. The lowest BCUT2D eigenvalue weighted by Gasteiger charge is -2.15. The number of halogens is 1. The molecule has 3 rings (SSSR count). The van der Waals surface area contributed by atoms with Crippen molar-refractivity contribution in [2.24, 2.45) is 0 Å². The minimum atomic E-state index is -3.93. The van der Waals surface area contributed by atoms with Crippen molar-refractivity contribution in [3.8, 4) is 0 Å². The van der Waals surface area contributed by atoms with E-state index >= 15 is 0 Å². The van der Waals surface area contributed by atoms with Gasteiger partial charge in [0.1, 0.15) is 5.82 Å². The molecule has 26 heavy (non-hydrogen) atoms. The number of nitrogens with one attached hydrogen (secondary N) is 2. The molecule has 2 N–H and O–H groups in total. The third-order valence-electron chi connectivity index (χ3n) is 3.90. The molecule has 3 aromatic rings. The van der Waals surface area contributed by atoms with Gasteiger partial charge in [-0.3, -0.25) is 4.79 Å². The van der Waals surface area contributed by atoms with Gasteiger partial charge in [-0.15, -0.1) is 0 Å². The van der Waals surface area contributed by atoms with Crippen molar-refractivity contribution in [1.82, 2.24) is 4.72 Å². The molecule has 0 fully saturated rings. The zero-order chi connectivity index (χ0) is 18.7. The fourth-order valence-corrected chi connectivity index (χ4v) is 3.75. The summed E-state index contributed by atoms with van der Waals surface area (Å²) in [7, 11) is -3.93. The molecule has 0 saturated heterocycles. The van der Waals surface area contributed by atoms with E-state index in [0.717, 1.165) is 35.0 Å². The van der Waals surface area contributed by atoms with Gasteiger partial charge in [0.2, 0.25) is 15.9 Å². The van der Waals surface area contributed by atoms with Crippen LogP contribution in [0.2, 0.25) is 0 Å². The van der Waals surface area contributed by atoms with Crippen molar-refractivity contribution < 1.29 is 17.6 Å². The molecule has 0 radical (unpaired) electrons. The van der Waals surface area contributed by atoms with Gasteiger partial charge in [-0.2, -0.15) is 4.72 Å². The highest BCUT2D eigenvalue weighted by Gasteiger charge is 2.22. The third kappa shape index (κ3) is 3.89. The van der Waals surface area contributed by atoms with Crippen LogP contribution in [0.25, 0.3) is 10.8 Å². The Morgan fingerprint density at radius 1 is 0.962 bits per heavy atom. The lowest BCUT2D eigenvalue weighted by atomic mass is 10.1. The molecule has 7 heteroatoms. The first kappa shape index (κ1) is 18.0. The quantitative estimate of drug-likeness (QED) is 0.722. The van der Waals surface area contributed by atoms with Gasteiger partial charge in [0.25, 0.3) is 0 Å². The van der Waals surface area contributed by atoms with Crippen molar-refractivity contribution in [2.45, 2.75) is 17.9 Å². The highest BCUT2D eigenvalue weighted by molar-refractivity contribution is 7.89. The Hall–Kier alpha value is -2.77. The average Bonchev–Trinajstić information content (AvgIpc) is 2.62. The summed E-state index contributed by atoms with van der Waals surface area (Å²) in [5, 5.41) is 4.56. The van der Waals surface area contributed by atoms with Crippen LogP contribution in [0.3, 0.4) is 0 Å². The van der Waals surface area contributed by atoms with Gasteiger partial charge in [0, 0.05) is 11.1 Å². The van der Waals surface area contributed by atoms with E-state index in [9.17, 15) is 17.6 Å². The first-order valence-corrected chi connectivity index (χ1v) is 9.42. The van der Waals surface area contributed by atoms with Crippen LogP contribution in [0.15, 0.2) is 71.6 Å². The molecule has 5 nitrogen and oxygen atoms in total. The number of carbonyl (C=O) groups excluding carboxylic acids is 1. The Morgan fingerprint density at radius 2 is 1.62 bits per heavy atom. The monoisotopic (exact) mass is 372 g/mol. The fraction of sp³-hybridized carbons (Fsp3) is 0.105. The van der Waals surface area contributed by atoms with Gasteiger partial charge in [0.05, 0.1) is 10.9 Å². The van der Waals surface area contributed by atoms with Crippen LogP contribution in [0.5, 0.6) is 0 Å². The zero-order valence-corrected chi connectivity index (χ0v) is 14.8. The molecule has 0 aliphatic carbocycles. The van der Waals surface area contributed by atoms with E-state index < -0.39 is 27.8 Å². The Balaban J connectivity index is 1.76. The Morgan fingerprint density at radius 3 is 2.35 bits per heavy atom. The van der Waals surface area contributed by atoms with E-state index in [1.807, 2.05) is 36.4 Å². The second-order valence-electron chi connectivity index (χ2n) is 5.81. The number of hydrogen-bond donors (Lipinski definition) is 2. The maximum absolute atomic E-state index is 13.0. The fourth-order valence-electron chi connectivity index (χ4n) is 2.54. The highest BCUT2D eigenvalue weighted by atomic mass is 32.2. The van der Waals surface area contributed by atoms with Gasteiger partial charge in [-0.1, -0.05) is 36.4 Å². The summed E-state index contributed by atoms with van der Waals surface area (Å²) < 4.78 is 39.9. The van der Waals surface area contributed by atoms with Gasteiger partial charge in [-0.25, -0.2) is 12.8 Å². The molecule has 0 spiro atoms. The number of rotatable bonds is 5. The van der Waals surface area contributed by atoms with Crippen LogP contribution in [-0.2, 0) is 14.8 Å². The number of amides is 1. The highest BCUT2D eigenvalue weighted by Crippen LogP contribution is 2.23. The molecule has 1 atom stereocenters. The van der Waals surface area contributed by atoms with Crippen LogP contribution in [0.4, 0.5) is 10.1 Å². The summed E-state index contributed by atoms with van der Waals surface area (Å²) in [6, 6.07) is 16.4. The van der Waals surface area contributed by atoms with Crippen LogP contribution in [-0.4, -0.2) is 20.4 Å². The lowest BCUT2D eigenvalue weighted by Crippen LogP contribution is -2.41. The minimum absolute atomic E-state index is 0.108. The van der Waals surface area contributed by atoms with Crippen molar-refractivity contribution in [3.05, 3.63) is 72.5 Å². The number of carbonyl (C=O) groups is 1. The second-order valence-corrected chi connectivity index (χ2v) is 7.53. The summed E-state index contributed by atoms with van der Waals surface area (Å²) in [4.78, 5) is 12.3. The lowest BCUT2D eigenvalue weighted by molar-refractivity contribution is -0.117. The third-order valence-corrected chi connectivity index (χ3v) is 5.45. The van der Waals surface area contributed by atoms with Crippen molar-refractivity contribution in [1.29, 1.82) is 0 Å². The number of fused-ring (bicyclic) bond motifs is 1. The van der Waals surface area contributed by atoms with E-state index in [1.54, 1.807) is 6.07 Å². The normalized spacial score (nSPS) is 12.7. The summed E-state index contributed by atoms with van der Waals surface area (Å²) in [5.41, 5.74) is 0.598. The molecule has 0 unspecified atom stereocenters. The summed E-state index contributed by atoms with van der Waals surface area (Å²) in [6.45, 7) is 1.45. The van der Waals surface area contributed by atoms with Gasteiger partial charge in [-0.05, 0) is 42.6 Å². The molecule has 0 heterocycles. The molecule has 0 aromatic heterocycles. The molecule has 134 valence electrons.